The molecule has 3 nitrogen and oxygen atoms in total. The number of nitrogens with zero attached hydrogens (tertiary/aromatic N) is 1. The van der Waals surface area contributed by atoms with Gasteiger partial charge in [-0.25, -0.2) is 0 Å². The lowest BCUT2D eigenvalue weighted by Crippen LogP contribution is -2.51. The molecular formula is C19H22N2OS. The lowest BCUT2D eigenvalue weighted by Gasteiger charge is -2.32. The first-order valence-electron chi connectivity index (χ1n) is 8.02. The molecule has 0 bridgehead atoms. The first-order valence-corrected chi connectivity index (χ1v) is 9.00. The number of amides is 1. The van der Waals surface area contributed by atoms with E-state index < -0.39 is 0 Å². The number of carbonyl (C=O) groups is 1. The maximum absolute atomic E-state index is 12.5. The summed E-state index contributed by atoms with van der Waals surface area (Å²) in [6, 6.07) is 18.8. The second-order valence-corrected chi connectivity index (χ2v) is 6.95. The van der Waals surface area contributed by atoms with Crippen molar-refractivity contribution in [3.63, 3.8) is 0 Å². The van der Waals surface area contributed by atoms with Crippen LogP contribution >= 0.6 is 11.8 Å². The Morgan fingerprint density at radius 2 is 1.91 bits per heavy atom. The van der Waals surface area contributed by atoms with Crippen LogP contribution in [0.4, 0.5) is 0 Å². The lowest BCUT2D eigenvalue weighted by atomic mass is 10.1. The minimum absolute atomic E-state index is 0.139. The van der Waals surface area contributed by atoms with E-state index in [0.29, 0.717) is 6.04 Å². The fourth-order valence-electron chi connectivity index (χ4n) is 2.73. The number of hydrogen-bond donors (Lipinski definition) is 1. The van der Waals surface area contributed by atoms with E-state index in [0.717, 1.165) is 31.0 Å². The molecule has 1 saturated heterocycles. The minimum atomic E-state index is 0.139. The summed E-state index contributed by atoms with van der Waals surface area (Å²) in [7, 11) is 0. The number of thioether (sulfide) groups is 1. The van der Waals surface area contributed by atoms with E-state index >= 15 is 0 Å². The standard InChI is InChI=1S/C19H22N2OS/c1-15-13-21(12-11-20-15)19(22)17-9-7-16(8-10-17)14-23-18-5-3-2-4-6-18/h2-10,15,20H,11-14H2,1H3. The van der Waals surface area contributed by atoms with Crippen molar-refractivity contribution in [1.29, 1.82) is 0 Å². The summed E-state index contributed by atoms with van der Waals surface area (Å²) in [5.41, 5.74) is 2.02. The summed E-state index contributed by atoms with van der Waals surface area (Å²) >= 11 is 1.81. The molecular weight excluding hydrogens is 304 g/mol. The maximum atomic E-state index is 12.5. The molecule has 1 aliphatic heterocycles. The Morgan fingerprint density at radius 3 is 2.61 bits per heavy atom. The normalized spacial score (nSPS) is 18.0. The topological polar surface area (TPSA) is 32.3 Å². The van der Waals surface area contributed by atoms with Gasteiger partial charge in [-0.2, -0.15) is 0 Å². The molecule has 4 heteroatoms. The van der Waals surface area contributed by atoms with E-state index in [1.165, 1.54) is 10.5 Å². The fraction of sp³-hybridized carbons (Fsp3) is 0.316. The van der Waals surface area contributed by atoms with E-state index in [2.05, 4.69) is 48.6 Å². The highest BCUT2D eigenvalue weighted by atomic mass is 32.2. The van der Waals surface area contributed by atoms with Gasteiger partial charge in [0.2, 0.25) is 0 Å². The van der Waals surface area contributed by atoms with Crippen molar-refractivity contribution in [1.82, 2.24) is 10.2 Å². The number of rotatable bonds is 4. The monoisotopic (exact) mass is 326 g/mol. The van der Waals surface area contributed by atoms with E-state index in [1.807, 2.05) is 34.9 Å². The van der Waals surface area contributed by atoms with Gasteiger partial charge < -0.3 is 10.2 Å². The molecule has 23 heavy (non-hydrogen) atoms. The zero-order chi connectivity index (χ0) is 16.1. The number of carbonyl (C=O) groups excluding carboxylic acids is 1. The Labute approximate surface area is 142 Å². The Kier molecular flexibility index (Phi) is 5.36. The van der Waals surface area contributed by atoms with E-state index in [9.17, 15) is 4.79 Å². The number of benzene rings is 2. The Morgan fingerprint density at radius 1 is 1.17 bits per heavy atom. The molecule has 0 spiro atoms. The molecule has 0 radical (unpaired) electrons. The van der Waals surface area contributed by atoms with Crippen molar-refractivity contribution in [2.75, 3.05) is 19.6 Å². The van der Waals surface area contributed by atoms with Gasteiger partial charge in [-0.3, -0.25) is 4.79 Å². The summed E-state index contributed by atoms with van der Waals surface area (Å²) in [6.45, 7) is 4.56. The van der Waals surface area contributed by atoms with Gasteiger partial charge in [0.15, 0.2) is 0 Å². The summed E-state index contributed by atoms with van der Waals surface area (Å²) in [5, 5.41) is 3.36. The number of piperazine rings is 1. The molecule has 2 aromatic carbocycles. The van der Waals surface area contributed by atoms with Crippen molar-refractivity contribution in [2.45, 2.75) is 23.6 Å². The van der Waals surface area contributed by atoms with Gasteiger partial charge in [-0.05, 0) is 36.8 Å². The maximum Gasteiger partial charge on any atom is 0.253 e. The molecule has 1 heterocycles. The summed E-state index contributed by atoms with van der Waals surface area (Å²) in [4.78, 5) is 15.7. The molecule has 1 fully saturated rings. The zero-order valence-electron chi connectivity index (χ0n) is 13.4. The van der Waals surface area contributed by atoms with Crippen LogP contribution in [0.5, 0.6) is 0 Å². The van der Waals surface area contributed by atoms with Crippen LogP contribution < -0.4 is 5.32 Å². The second-order valence-electron chi connectivity index (χ2n) is 5.90. The van der Waals surface area contributed by atoms with Crippen LogP contribution in [0.15, 0.2) is 59.5 Å². The molecule has 120 valence electrons. The molecule has 1 aliphatic rings. The Bertz CT molecular complexity index is 642. The van der Waals surface area contributed by atoms with Crippen LogP contribution in [0, 0.1) is 0 Å². The molecule has 0 aromatic heterocycles. The van der Waals surface area contributed by atoms with Crippen LogP contribution in [-0.4, -0.2) is 36.5 Å². The number of nitrogens with one attached hydrogen (secondary N) is 1. The van der Waals surface area contributed by atoms with Crippen LogP contribution in [0.25, 0.3) is 0 Å². The third kappa shape index (κ3) is 4.36. The predicted octanol–water partition coefficient (Wildman–Crippen LogP) is 3.41. The van der Waals surface area contributed by atoms with Crippen molar-refractivity contribution >= 4 is 17.7 Å². The summed E-state index contributed by atoms with van der Waals surface area (Å²) in [5.74, 6) is 1.06. The van der Waals surface area contributed by atoms with E-state index in [1.54, 1.807) is 0 Å². The largest absolute Gasteiger partial charge is 0.336 e. The van der Waals surface area contributed by atoms with Crippen molar-refractivity contribution in [3.05, 3.63) is 65.7 Å². The summed E-state index contributed by atoms with van der Waals surface area (Å²) in [6.07, 6.45) is 0. The van der Waals surface area contributed by atoms with Gasteiger partial charge in [0.05, 0.1) is 0 Å². The molecule has 1 N–H and O–H groups in total. The Hall–Kier alpha value is -1.78. The van der Waals surface area contributed by atoms with E-state index in [-0.39, 0.29) is 5.91 Å². The van der Waals surface area contributed by atoms with Gasteiger partial charge in [0.25, 0.3) is 5.91 Å². The van der Waals surface area contributed by atoms with Crippen molar-refractivity contribution < 1.29 is 4.79 Å². The molecule has 3 rings (SSSR count). The van der Waals surface area contributed by atoms with Gasteiger partial charge in [0, 0.05) is 41.9 Å². The Balaban J connectivity index is 1.59. The highest BCUT2D eigenvalue weighted by molar-refractivity contribution is 7.98. The zero-order valence-corrected chi connectivity index (χ0v) is 14.2. The third-order valence-electron chi connectivity index (χ3n) is 4.01. The van der Waals surface area contributed by atoms with Crippen LogP contribution in [0.2, 0.25) is 0 Å². The average Bonchev–Trinajstić information content (AvgIpc) is 2.61. The second kappa shape index (κ2) is 7.66. The SMILES string of the molecule is CC1CN(C(=O)c2ccc(CSc3ccccc3)cc2)CCN1. The smallest absolute Gasteiger partial charge is 0.253 e. The molecule has 1 unspecified atom stereocenters. The van der Waals surface area contributed by atoms with Crippen LogP contribution in [0.1, 0.15) is 22.8 Å². The highest BCUT2D eigenvalue weighted by Crippen LogP contribution is 2.22. The quantitative estimate of drug-likeness (QED) is 0.874. The van der Waals surface area contributed by atoms with Crippen molar-refractivity contribution in [2.24, 2.45) is 0 Å². The number of hydrogen-bond acceptors (Lipinski definition) is 3. The average molecular weight is 326 g/mol. The molecule has 1 amide bonds. The third-order valence-corrected chi connectivity index (χ3v) is 5.09. The van der Waals surface area contributed by atoms with Gasteiger partial charge >= 0.3 is 0 Å². The van der Waals surface area contributed by atoms with Crippen LogP contribution in [-0.2, 0) is 5.75 Å². The van der Waals surface area contributed by atoms with Gasteiger partial charge in [0.1, 0.15) is 0 Å². The predicted molar refractivity (Wildman–Crippen MR) is 95.8 cm³/mol. The lowest BCUT2D eigenvalue weighted by molar-refractivity contribution is 0.0709. The molecule has 0 saturated carbocycles. The first kappa shape index (κ1) is 16.1. The van der Waals surface area contributed by atoms with E-state index in [4.69, 9.17) is 0 Å². The van der Waals surface area contributed by atoms with Gasteiger partial charge in [-0.15, -0.1) is 11.8 Å². The fourth-order valence-corrected chi connectivity index (χ4v) is 3.60. The van der Waals surface area contributed by atoms with Crippen LogP contribution in [0.3, 0.4) is 0 Å². The van der Waals surface area contributed by atoms with Gasteiger partial charge in [-0.1, -0.05) is 30.3 Å². The molecule has 0 aliphatic carbocycles. The molecule has 1 atom stereocenters. The highest BCUT2D eigenvalue weighted by Gasteiger charge is 2.21. The minimum Gasteiger partial charge on any atom is -0.336 e. The first-order chi connectivity index (χ1) is 11.2. The van der Waals surface area contributed by atoms with Crippen molar-refractivity contribution in [3.8, 4) is 0 Å². The molecule has 2 aromatic rings. The summed E-state index contributed by atoms with van der Waals surface area (Å²) < 4.78 is 0.